The molecular weight excluding hydrogens is 328 g/mol. The smallest absolute Gasteiger partial charge is 0.279 e. The van der Waals surface area contributed by atoms with Crippen LogP contribution in [-0.4, -0.2) is 17.9 Å². The lowest BCUT2D eigenvalue weighted by Gasteiger charge is -2.19. The van der Waals surface area contributed by atoms with E-state index in [-0.39, 0.29) is 11.3 Å². The van der Waals surface area contributed by atoms with Gasteiger partial charge in [0.25, 0.3) is 11.8 Å². The molecule has 1 atom stereocenters. The molecule has 0 aromatic heterocycles. The number of nitrogens with one attached hydrogen (secondary N) is 2. The van der Waals surface area contributed by atoms with Crippen LogP contribution in [0.5, 0.6) is 5.75 Å². The molecule has 2 N–H and O–H groups in total. The molecule has 5 nitrogen and oxygen atoms in total. The number of benzene rings is 2. The van der Waals surface area contributed by atoms with Gasteiger partial charge >= 0.3 is 0 Å². The normalized spacial score (nSPS) is 12.2. The van der Waals surface area contributed by atoms with Crippen molar-refractivity contribution < 1.29 is 14.3 Å². The van der Waals surface area contributed by atoms with Gasteiger partial charge in [-0.1, -0.05) is 51.1 Å². The summed E-state index contributed by atoms with van der Waals surface area (Å²) in [6, 6.07) is 14.8. The zero-order valence-corrected chi connectivity index (χ0v) is 15.9. The Labute approximate surface area is 154 Å². The summed E-state index contributed by atoms with van der Waals surface area (Å²) in [4.78, 5) is 24.3. The summed E-state index contributed by atoms with van der Waals surface area (Å²) in [5.41, 5.74) is 7.40. The SMILES string of the molecule is Cc1ccccc1O[C@@H](C)C(=O)NNC(=O)c1ccc(C(C)(C)C)cc1. The topological polar surface area (TPSA) is 67.4 Å². The fourth-order valence-corrected chi connectivity index (χ4v) is 2.35. The Bertz CT molecular complexity index is 777. The van der Waals surface area contributed by atoms with Crippen LogP contribution in [0, 0.1) is 6.92 Å². The van der Waals surface area contributed by atoms with E-state index in [1.165, 1.54) is 0 Å². The van der Waals surface area contributed by atoms with Crippen LogP contribution in [0.3, 0.4) is 0 Å². The van der Waals surface area contributed by atoms with Gasteiger partial charge in [0.2, 0.25) is 0 Å². The lowest BCUT2D eigenvalue weighted by atomic mass is 9.87. The summed E-state index contributed by atoms with van der Waals surface area (Å²) in [5, 5.41) is 0. The van der Waals surface area contributed by atoms with Crippen LogP contribution in [0.25, 0.3) is 0 Å². The molecule has 0 saturated heterocycles. The fourth-order valence-electron chi connectivity index (χ4n) is 2.35. The second-order valence-electron chi connectivity index (χ2n) is 7.30. The number of aryl methyl sites for hydroxylation is 1. The third-order valence-electron chi connectivity index (χ3n) is 4.08. The molecule has 0 saturated carbocycles. The molecule has 26 heavy (non-hydrogen) atoms. The molecule has 0 radical (unpaired) electrons. The second kappa shape index (κ2) is 8.04. The van der Waals surface area contributed by atoms with Crippen molar-refractivity contribution in [3.05, 3.63) is 65.2 Å². The zero-order valence-electron chi connectivity index (χ0n) is 15.9. The second-order valence-corrected chi connectivity index (χ2v) is 7.30. The van der Waals surface area contributed by atoms with Gasteiger partial charge in [-0.3, -0.25) is 20.4 Å². The number of rotatable bonds is 4. The third kappa shape index (κ3) is 5.09. The quantitative estimate of drug-likeness (QED) is 0.826. The van der Waals surface area contributed by atoms with Gasteiger partial charge in [0, 0.05) is 5.56 Å². The Balaban J connectivity index is 1.90. The van der Waals surface area contributed by atoms with E-state index < -0.39 is 12.0 Å². The Morgan fingerprint density at radius 3 is 2.15 bits per heavy atom. The van der Waals surface area contributed by atoms with E-state index in [0.29, 0.717) is 11.3 Å². The number of hydrogen-bond acceptors (Lipinski definition) is 3. The summed E-state index contributed by atoms with van der Waals surface area (Å²) in [7, 11) is 0. The van der Waals surface area contributed by atoms with E-state index in [2.05, 4.69) is 31.6 Å². The van der Waals surface area contributed by atoms with Crippen molar-refractivity contribution in [2.75, 3.05) is 0 Å². The first-order chi connectivity index (χ1) is 12.2. The summed E-state index contributed by atoms with van der Waals surface area (Å²) in [5.74, 6) is -0.158. The number of hydrazine groups is 1. The van der Waals surface area contributed by atoms with Crippen LogP contribution in [0.15, 0.2) is 48.5 Å². The average molecular weight is 354 g/mol. The molecule has 0 aliphatic heterocycles. The molecule has 0 spiro atoms. The number of ether oxygens (including phenoxy) is 1. The highest BCUT2D eigenvalue weighted by molar-refractivity contribution is 5.95. The van der Waals surface area contributed by atoms with Gasteiger partial charge in [0.15, 0.2) is 6.10 Å². The Kier molecular flexibility index (Phi) is 6.03. The first-order valence-corrected chi connectivity index (χ1v) is 8.61. The van der Waals surface area contributed by atoms with E-state index in [1.807, 2.05) is 37.3 Å². The summed E-state index contributed by atoms with van der Waals surface area (Å²) >= 11 is 0. The van der Waals surface area contributed by atoms with E-state index in [9.17, 15) is 9.59 Å². The third-order valence-corrected chi connectivity index (χ3v) is 4.08. The maximum atomic E-state index is 12.2. The summed E-state index contributed by atoms with van der Waals surface area (Å²) in [6.07, 6.45) is -0.736. The lowest BCUT2D eigenvalue weighted by molar-refractivity contribution is -0.128. The molecule has 0 fully saturated rings. The highest BCUT2D eigenvalue weighted by Gasteiger charge is 2.17. The zero-order chi connectivity index (χ0) is 19.3. The van der Waals surface area contributed by atoms with Gasteiger partial charge in [-0.25, -0.2) is 0 Å². The fraction of sp³-hybridized carbons (Fsp3) is 0.333. The molecule has 0 aliphatic rings. The number of hydrogen-bond donors (Lipinski definition) is 2. The maximum absolute atomic E-state index is 12.2. The first-order valence-electron chi connectivity index (χ1n) is 8.61. The lowest BCUT2D eigenvalue weighted by Crippen LogP contribution is -2.47. The summed E-state index contributed by atoms with van der Waals surface area (Å²) in [6.45, 7) is 9.86. The van der Waals surface area contributed by atoms with Crippen molar-refractivity contribution in [1.29, 1.82) is 0 Å². The van der Waals surface area contributed by atoms with Crippen molar-refractivity contribution in [2.24, 2.45) is 0 Å². The molecule has 138 valence electrons. The number of para-hydroxylation sites is 1. The van der Waals surface area contributed by atoms with Gasteiger partial charge < -0.3 is 4.74 Å². The largest absolute Gasteiger partial charge is 0.481 e. The van der Waals surface area contributed by atoms with Gasteiger partial charge in [0.1, 0.15) is 5.75 Å². The predicted octanol–water partition coefficient (Wildman–Crippen LogP) is 3.52. The van der Waals surface area contributed by atoms with E-state index in [0.717, 1.165) is 11.1 Å². The highest BCUT2D eigenvalue weighted by Crippen LogP contribution is 2.22. The van der Waals surface area contributed by atoms with E-state index in [4.69, 9.17) is 4.74 Å². The van der Waals surface area contributed by atoms with Crippen molar-refractivity contribution >= 4 is 11.8 Å². The minimum atomic E-state index is -0.736. The van der Waals surface area contributed by atoms with Crippen molar-refractivity contribution in [2.45, 2.75) is 46.1 Å². The molecule has 0 heterocycles. The van der Waals surface area contributed by atoms with Gasteiger partial charge in [-0.05, 0) is 48.6 Å². The van der Waals surface area contributed by atoms with Gasteiger partial charge in [-0.15, -0.1) is 0 Å². The monoisotopic (exact) mass is 354 g/mol. The molecule has 0 bridgehead atoms. The predicted molar refractivity (Wildman–Crippen MR) is 102 cm³/mol. The molecule has 2 aromatic carbocycles. The van der Waals surface area contributed by atoms with Crippen LogP contribution in [-0.2, 0) is 10.2 Å². The van der Waals surface area contributed by atoms with Crippen LogP contribution < -0.4 is 15.6 Å². The first kappa shape index (κ1) is 19.5. The standard InChI is InChI=1S/C21H26N2O3/c1-14-8-6-7-9-18(14)26-15(2)19(24)22-23-20(25)16-10-12-17(13-11-16)21(3,4)5/h6-13,15H,1-5H3,(H,22,24)(H,23,25)/t15-/m0/s1. The number of carbonyl (C=O) groups excluding carboxylic acids is 2. The minimum Gasteiger partial charge on any atom is -0.481 e. The van der Waals surface area contributed by atoms with Gasteiger partial charge in [0.05, 0.1) is 0 Å². The van der Waals surface area contributed by atoms with Crippen molar-refractivity contribution in [3.63, 3.8) is 0 Å². The Morgan fingerprint density at radius 2 is 1.58 bits per heavy atom. The highest BCUT2D eigenvalue weighted by atomic mass is 16.5. The Hall–Kier alpha value is -2.82. The number of amides is 2. The molecular formula is C21H26N2O3. The molecule has 5 heteroatoms. The van der Waals surface area contributed by atoms with Gasteiger partial charge in [-0.2, -0.15) is 0 Å². The Morgan fingerprint density at radius 1 is 0.962 bits per heavy atom. The average Bonchev–Trinajstić information content (AvgIpc) is 2.60. The number of carbonyl (C=O) groups is 2. The van der Waals surface area contributed by atoms with Crippen LogP contribution in [0.4, 0.5) is 0 Å². The molecule has 2 aromatic rings. The maximum Gasteiger partial charge on any atom is 0.279 e. The van der Waals surface area contributed by atoms with Crippen molar-refractivity contribution in [1.82, 2.24) is 10.9 Å². The molecule has 0 unspecified atom stereocenters. The summed E-state index contributed by atoms with van der Waals surface area (Å²) < 4.78 is 5.63. The molecule has 2 amide bonds. The van der Waals surface area contributed by atoms with E-state index in [1.54, 1.807) is 25.1 Å². The van der Waals surface area contributed by atoms with Crippen LogP contribution >= 0.6 is 0 Å². The van der Waals surface area contributed by atoms with Crippen molar-refractivity contribution in [3.8, 4) is 5.75 Å². The van der Waals surface area contributed by atoms with E-state index >= 15 is 0 Å². The van der Waals surface area contributed by atoms with Crippen LogP contribution in [0.1, 0.15) is 49.2 Å². The molecule has 0 aliphatic carbocycles. The minimum absolute atomic E-state index is 0.0194. The molecule has 2 rings (SSSR count). The van der Waals surface area contributed by atoms with Crippen LogP contribution in [0.2, 0.25) is 0 Å².